The molecule has 6 nitrogen and oxygen atoms in total. The van der Waals surface area contributed by atoms with Gasteiger partial charge in [-0.1, -0.05) is 18.2 Å². The summed E-state index contributed by atoms with van der Waals surface area (Å²) in [6, 6.07) is 8.21. The lowest BCUT2D eigenvalue weighted by Crippen LogP contribution is -1.95. The lowest BCUT2D eigenvalue weighted by Gasteiger charge is -2.07. The van der Waals surface area contributed by atoms with Crippen molar-refractivity contribution in [2.75, 3.05) is 0 Å². The van der Waals surface area contributed by atoms with E-state index in [1.807, 2.05) is 64.1 Å². The molecule has 3 heterocycles. The highest BCUT2D eigenvalue weighted by Gasteiger charge is 2.10. The Kier molecular flexibility index (Phi) is 3.65. The first kappa shape index (κ1) is 15.3. The summed E-state index contributed by atoms with van der Waals surface area (Å²) in [5, 5.41) is 8.45. The van der Waals surface area contributed by atoms with E-state index in [-0.39, 0.29) is 0 Å². The molecular weight excluding hydrogens is 312 g/mol. The van der Waals surface area contributed by atoms with Crippen LogP contribution in [0.4, 0.5) is 0 Å². The normalized spacial score (nSPS) is 11.0. The molecule has 0 amide bonds. The summed E-state index contributed by atoms with van der Waals surface area (Å²) in [6.45, 7) is 2.00. The van der Waals surface area contributed by atoms with Gasteiger partial charge in [-0.25, -0.2) is 9.97 Å². The van der Waals surface area contributed by atoms with E-state index in [1.54, 1.807) is 9.36 Å². The fraction of sp³-hybridized carbons (Fsp3) is 0.158. The van der Waals surface area contributed by atoms with Gasteiger partial charge < -0.3 is 0 Å². The van der Waals surface area contributed by atoms with Gasteiger partial charge in [0.05, 0.1) is 12.4 Å². The van der Waals surface area contributed by atoms with E-state index in [4.69, 9.17) is 4.98 Å². The molecule has 0 bridgehead atoms. The van der Waals surface area contributed by atoms with Gasteiger partial charge in [0.2, 0.25) is 0 Å². The van der Waals surface area contributed by atoms with Crippen LogP contribution in [0.15, 0.2) is 55.2 Å². The van der Waals surface area contributed by atoms with Gasteiger partial charge >= 0.3 is 0 Å². The molecular formula is C19H18N6. The van der Waals surface area contributed by atoms with Crippen molar-refractivity contribution in [1.82, 2.24) is 29.5 Å². The van der Waals surface area contributed by atoms with Crippen LogP contribution in [0, 0.1) is 6.92 Å². The second kappa shape index (κ2) is 5.98. The summed E-state index contributed by atoms with van der Waals surface area (Å²) in [5.74, 6) is 0.718. The molecule has 4 aromatic rings. The van der Waals surface area contributed by atoms with Gasteiger partial charge in [-0.2, -0.15) is 10.2 Å². The lowest BCUT2D eigenvalue weighted by molar-refractivity contribution is 0.768. The average molecular weight is 330 g/mol. The highest BCUT2D eigenvalue weighted by molar-refractivity contribution is 5.70. The highest BCUT2D eigenvalue weighted by atomic mass is 15.2. The largest absolute Gasteiger partial charge is 0.275 e. The summed E-state index contributed by atoms with van der Waals surface area (Å²) in [7, 11) is 3.81. The van der Waals surface area contributed by atoms with E-state index >= 15 is 0 Å². The molecule has 0 atom stereocenters. The van der Waals surface area contributed by atoms with Crippen LogP contribution in [0.2, 0.25) is 0 Å². The zero-order chi connectivity index (χ0) is 17.4. The highest BCUT2D eigenvalue weighted by Crippen LogP contribution is 2.26. The van der Waals surface area contributed by atoms with Gasteiger partial charge in [0, 0.05) is 60.6 Å². The molecule has 4 rings (SSSR count). The lowest BCUT2D eigenvalue weighted by atomic mass is 10.1. The van der Waals surface area contributed by atoms with Crippen LogP contribution < -0.4 is 0 Å². The molecule has 0 radical (unpaired) electrons. The van der Waals surface area contributed by atoms with E-state index in [0.29, 0.717) is 0 Å². The van der Waals surface area contributed by atoms with Crippen LogP contribution in [0.1, 0.15) is 5.69 Å². The fourth-order valence-electron chi connectivity index (χ4n) is 2.86. The summed E-state index contributed by atoms with van der Waals surface area (Å²) in [5.41, 5.74) is 6.12. The molecule has 0 unspecified atom stereocenters. The predicted octanol–water partition coefficient (Wildman–Crippen LogP) is 3.25. The van der Waals surface area contributed by atoms with Crippen molar-refractivity contribution in [3.63, 3.8) is 0 Å². The Labute approximate surface area is 145 Å². The molecule has 0 spiro atoms. The number of nitrogens with zero attached hydrogens (tertiary/aromatic N) is 6. The number of benzene rings is 1. The molecule has 0 saturated heterocycles. The molecule has 0 aliphatic carbocycles. The standard InChI is InChI=1S/C19H18N6/c1-13-18(17-9-22-25(3)12-17)10-20-19(23-13)15-6-4-5-14(7-15)16-8-21-24(2)11-16/h4-12H,1-3H3. The monoisotopic (exact) mass is 330 g/mol. The Morgan fingerprint density at radius 3 is 2.12 bits per heavy atom. The minimum atomic E-state index is 0.718. The molecule has 0 saturated carbocycles. The molecule has 25 heavy (non-hydrogen) atoms. The van der Waals surface area contributed by atoms with E-state index in [9.17, 15) is 0 Å². The number of rotatable bonds is 3. The fourth-order valence-corrected chi connectivity index (χ4v) is 2.86. The SMILES string of the molecule is Cc1nc(-c2cccc(-c3cnn(C)c3)c2)ncc1-c1cnn(C)c1. The Hall–Kier alpha value is -3.28. The second-order valence-corrected chi connectivity index (χ2v) is 6.08. The summed E-state index contributed by atoms with van der Waals surface area (Å²) >= 11 is 0. The first-order chi connectivity index (χ1) is 12.1. The van der Waals surface area contributed by atoms with Gasteiger partial charge in [0.15, 0.2) is 5.82 Å². The first-order valence-corrected chi connectivity index (χ1v) is 8.02. The summed E-state index contributed by atoms with van der Waals surface area (Å²) < 4.78 is 3.57. The smallest absolute Gasteiger partial charge is 0.159 e. The van der Waals surface area contributed by atoms with Crippen LogP contribution in [-0.4, -0.2) is 29.5 Å². The summed E-state index contributed by atoms with van der Waals surface area (Å²) in [6.07, 6.45) is 9.52. The molecule has 0 N–H and O–H groups in total. The maximum absolute atomic E-state index is 4.70. The van der Waals surface area contributed by atoms with Crippen LogP contribution in [-0.2, 0) is 14.1 Å². The third-order valence-electron chi connectivity index (χ3n) is 4.15. The topological polar surface area (TPSA) is 61.4 Å². The zero-order valence-corrected chi connectivity index (χ0v) is 14.4. The van der Waals surface area contributed by atoms with Crippen molar-refractivity contribution in [1.29, 1.82) is 0 Å². The number of hydrogen-bond donors (Lipinski definition) is 0. The molecule has 1 aromatic carbocycles. The van der Waals surface area contributed by atoms with Crippen molar-refractivity contribution in [2.24, 2.45) is 14.1 Å². The minimum absolute atomic E-state index is 0.718. The maximum atomic E-state index is 4.70. The molecule has 0 fully saturated rings. The summed E-state index contributed by atoms with van der Waals surface area (Å²) in [4.78, 5) is 9.27. The zero-order valence-electron chi connectivity index (χ0n) is 14.4. The van der Waals surface area contributed by atoms with E-state index in [1.165, 1.54) is 0 Å². The van der Waals surface area contributed by atoms with Crippen LogP contribution in [0.5, 0.6) is 0 Å². The molecule has 124 valence electrons. The van der Waals surface area contributed by atoms with Crippen molar-refractivity contribution >= 4 is 0 Å². The van der Waals surface area contributed by atoms with Crippen molar-refractivity contribution in [3.05, 3.63) is 60.9 Å². The van der Waals surface area contributed by atoms with Crippen molar-refractivity contribution in [3.8, 4) is 33.6 Å². The Bertz CT molecular complexity index is 1040. The number of aryl methyl sites for hydroxylation is 3. The minimum Gasteiger partial charge on any atom is -0.275 e. The van der Waals surface area contributed by atoms with Crippen LogP contribution in [0.3, 0.4) is 0 Å². The number of hydrogen-bond acceptors (Lipinski definition) is 4. The quantitative estimate of drug-likeness (QED) is 0.578. The average Bonchev–Trinajstić information content (AvgIpc) is 3.23. The van der Waals surface area contributed by atoms with E-state index < -0.39 is 0 Å². The second-order valence-electron chi connectivity index (χ2n) is 6.08. The Morgan fingerprint density at radius 1 is 0.800 bits per heavy atom. The van der Waals surface area contributed by atoms with Gasteiger partial charge in [-0.3, -0.25) is 9.36 Å². The Morgan fingerprint density at radius 2 is 1.48 bits per heavy atom. The van der Waals surface area contributed by atoms with Gasteiger partial charge in [0.1, 0.15) is 0 Å². The third-order valence-corrected chi connectivity index (χ3v) is 4.15. The van der Waals surface area contributed by atoms with Gasteiger partial charge in [-0.15, -0.1) is 0 Å². The van der Waals surface area contributed by atoms with Crippen LogP contribution >= 0.6 is 0 Å². The van der Waals surface area contributed by atoms with Gasteiger partial charge in [-0.05, 0) is 18.6 Å². The third kappa shape index (κ3) is 2.94. The molecule has 3 aromatic heterocycles. The van der Waals surface area contributed by atoms with Crippen LogP contribution in [0.25, 0.3) is 33.6 Å². The number of aromatic nitrogens is 6. The predicted molar refractivity (Wildman–Crippen MR) is 96.6 cm³/mol. The molecule has 0 aliphatic heterocycles. The van der Waals surface area contributed by atoms with Gasteiger partial charge in [0.25, 0.3) is 0 Å². The first-order valence-electron chi connectivity index (χ1n) is 8.02. The Balaban J connectivity index is 1.72. The van der Waals surface area contributed by atoms with E-state index in [0.717, 1.165) is 39.3 Å². The molecule has 0 aliphatic rings. The van der Waals surface area contributed by atoms with E-state index in [2.05, 4.69) is 27.3 Å². The molecule has 6 heteroatoms. The van der Waals surface area contributed by atoms with Crippen molar-refractivity contribution in [2.45, 2.75) is 6.92 Å². The van der Waals surface area contributed by atoms with Crippen molar-refractivity contribution < 1.29 is 0 Å². The maximum Gasteiger partial charge on any atom is 0.159 e.